The normalized spacial score (nSPS) is 18.3. The van der Waals surface area contributed by atoms with E-state index < -0.39 is 0 Å². The minimum absolute atomic E-state index is 0.343. The molecule has 0 fully saturated rings. The Bertz CT molecular complexity index is 233. The quantitative estimate of drug-likeness (QED) is 0.586. The van der Waals surface area contributed by atoms with E-state index in [1.165, 1.54) is 5.57 Å². The minimum Gasteiger partial charge on any atom is -0.295 e. The smallest absolute Gasteiger partial charge is 0.159 e. The summed E-state index contributed by atoms with van der Waals surface area (Å²) in [6, 6.07) is 0. The molecule has 0 N–H and O–H groups in total. The van der Waals surface area contributed by atoms with E-state index in [-0.39, 0.29) is 0 Å². The molecule has 0 spiro atoms. The second-order valence-corrected chi connectivity index (χ2v) is 3.30. The molecule has 0 saturated carbocycles. The van der Waals surface area contributed by atoms with Crippen molar-refractivity contribution in [3.8, 4) is 0 Å². The second-order valence-electron chi connectivity index (χ2n) is 3.30. The first-order valence-electron chi connectivity index (χ1n) is 4.62. The van der Waals surface area contributed by atoms with Crippen LogP contribution in [0.4, 0.5) is 0 Å². The van der Waals surface area contributed by atoms with E-state index in [1.807, 2.05) is 0 Å². The third-order valence-electron chi connectivity index (χ3n) is 2.35. The lowest BCUT2D eigenvalue weighted by Crippen LogP contribution is -1.93. The summed E-state index contributed by atoms with van der Waals surface area (Å²) in [4.78, 5) is 11.2. The van der Waals surface area contributed by atoms with Crippen molar-refractivity contribution in [3.63, 3.8) is 0 Å². The molecule has 66 valence electrons. The Kier molecular flexibility index (Phi) is 3.27. The highest BCUT2D eigenvalue weighted by Gasteiger charge is 2.12. The zero-order valence-corrected chi connectivity index (χ0v) is 7.89. The molecule has 1 heteroatoms. The van der Waals surface area contributed by atoms with E-state index in [0.29, 0.717) is 5.78 Å². The van der Waals surface area contributed by atoms with Gasteiger partial charge in [0.05, 0.1) is 0 Å². The number of allylic oxidation sites excluding steroid dienone is 4. The molecule has 0 heterocycles. The Labute approximate surface area is 74.2 Å². The summed E-state index contributed by atoms with van der Waals surface area (Å²) in [5.74, 6) is 0.343. The Hall–Kier alpha value is -0.850. The molecule has 0 amide bonds. The van der Waals surface area contributed by atoms with Crippen molar-refractivity contribution in [3.05, 3.63) is 23.3 Å². The van der Waals surface area contributed by atoms with Gasteiger partial charge in [-0.25, -0.2) is 0 Å². The molecule has 1 rings (SSSR count). The van der Waals surface area contributed by atoms with Crippen LogP contribution < -0.4 is 0 Å². The van der Waals surface area contributed by atoms with Crippen LogP contribution >= 0.6 is 0 Å². The Morgan fingerprint density at radius 3 is 2.92 bits per heavy atom. The van der Waals surface area contributed by atoms with Gasteiger partial charge in [0.25, 0.3) is 0 Å². The van der Waals surface area contributed by atoms with Crippen LogP contribution in [0.1, 0.15) is 39.5 Å². The number of carbonyl (C=O) groups is 1. The monoisotopic (exact) mass is 164 g/mol. The van der Waals surface area contributed by atoms with Crippen molar-refractivity contribution in [2.75, 3.05) is 0 Å². The maximum Gasteiger partial charge on any atom is 0.159 e. The van der Waals surface area contributed by atoms with Gasteiger partial charge in [-0.3, -0.25) is 4.79 Å². The molecule has 0 radical (unpaired) electrons. The molecule has 12 heavy (non-hydrogen) atoms. The van der Waals surface area contributed by atoms with Gasteiger partial charge in [-0.1, -0.05) is 24.6 Å². The molecule has 0 saturated heterocycles. The lowest BCUT2D eigenvalue weighted by Gasteiger charge is -1.96. The summed E-state index contributed by atoms with van der Waals surface area (Å²) in [5.41, 5.74) is 2.39. The molecule has 0 aliphatic heterocycles. The van der Waals surface area contributed by atoms with Crippen molar-refractivity contribution >= 4 is 5.78 Å². The molecule has 0 bridgehead atoms. The fourth-order valence-electron chi connectivity index (χ4n) is 1.28. The van der Waals surface area contributed by atoms with Gasteiger partial charge in [0, 0.05) is 6.42 Å². The molecule has 0 unspecified atom stereocenters. The summed E-state index contributed by atoms with van der Waals surface area (Å²) in [5, 5.41) is 0. The van der Waals surface area contributed by atoms with E-state index in [0.717, 1.165) is 31.3 Å². The third kappa shape index (κ3) is 2.33. The van der Waals surface area contributed by atoms with Gasteiger partial charge >= 0.3 is 0 Å². The van der Waals surface area contributed by atoms with E-state index in [2.05, 4.69) is 26.0 Å². The highest BCUT2D eigenvalue weighted by molar-refractivity contribution is 5.97. The first-order valence-corrected chi connectivity index (χ1v) is 4.62. The van der Waals surface area contributed by atoms with Crippen LogP contribution in [0.25, 0.3) is 0 Å². The first kappa shape index (κ1) is 9.24. The molecule has 1 aliphatic carbocycles. The summed E-state index contributed by atoms with van der Waals surface area (Å²) in [7, 11) is 0. The fraction of sp³-hybridized carbons (Fsp3) is 0.545. The van der Waals surface area contributed by atoms with Crippen LogP contribution in [0.5, 0.6) is 0 Å². The molecule has 0 aromatic rings. The number of hydrogen-bond acceptors (Lipinski definition) is 1. The Balaban J connectivity index is 2.47. The molecular formula is C11H16O. The first-order chi connectivity index (χ1) is 5.74. The molecule has 0 atom stereocenters. The highest BCUT2D eigenvalue weighted by atomic mass is 16.1. The van der Waals surface area contributed by atoms with Gasteiger partial charge < -0.3 is 0 Å². The number of Topliss-reactive ketones (excluding diaryl/α,β-unsaturated/α-hetero) is 1. The average Bonchev–Trinajstić information content (AvgIpc) is 2.47. The number of rotatable bonds is 3. The third-order valence-corrected chi connectivity index (χ3v) is 2.35. The second kappa shape index (κ2) is 4.24. The maximum absolute atomic E-state index is 11.2. The minimum atomic E-state index is 0.343. The van der Waals surface area contributed by atoms with Gasteiger partial charge in [-0.05, 0) is 31.8 Å². The van der Waals surface area contributed by atoms with Gasteiger partial charge in [0.1, 0.15) is 0 Å². The topological polar surface area (TPSA) is 17.1 Å². The van der Waals surface area contributed by atoms with E-state index >= 15 is 0 Å². The largest absolute Gasteiger partial charge is 0.295 e. The van der Waals surface area contributed by atoms with Gasteiger partial charge in [0.2, 0.25) is 0 Å². The number of hydrogen-bond donors (Lipinski definition) is 0. The number of ketones is 1. The SMILES string of the molecule is CC/C(C)=C/CC1=CCCC1=O. The van der Waals surface area contributed by atoms with Crippen molar-refractivity contribution in [1.82, 2.24) is 0 Å². The summed E-state index contributed by atoms with van der Waals surface area (Å²) < 4.78 is 0. The van der Waals surface area contributed by atoms with Crippen LogP contribution in [0.15, 0.2) is 23.3 Å². The highest BCUT2D eigenvalue weighted by Crippen LogP contribution is 2.18. The molecule has 0 aromatic carbocycles. The molecule has 1 nitrogen and oxygen atoms in total. The maximum atomic E-state index is 11.2. The predicted molar refractivity (Wildman–Crippen MR) is 51.0 cm³/mol. The standard InChI is InChI=1S/C11H16O/c1-3-9(2)7-8-10-5-4-6-11(10)12/h5,7H,3-4,6,8H2,1-2H3/b9-7+. The van der Waals surface area contributed by atoms with E-state index in [9.17, 15) is 4.79 Å². The predicted octanol–water partition coefficient (Wildman–Crippen LogP) is 3.02. The van der Waals surface area contributed by atoms with Crippen molar-refractivity contribution in [2.24, 2.45) is 0 Å². The van der Waals surface area contributed by atoms with Crippen LogP contribution in [0.2, 0.25) is 0 Å². The summed E-state index contributed by atoms with van der Waals surface area (Å²) in [6.45, 7) is 4.25. The fourth-order valence-corrected chi connectivity index (χ4v) is 1.28. The average molecular weight is 164 g/mol. The van der Waals surface area contributed by atoms with Crippen LogP contribution in [0, 0.1) is 0 Å². The van der Waals surface area contributed by atoms with Crippen molar-refractivity contribution < 1.29 is 4.79 Å². The van der Waals surface area contributed by atoms with Gasteiger partial charge in [0.15, 0.2) is 5.78 Å². The van der Waals surface area contributed by atoms with Gasteiger partial charge in [-0.2, -0.15) is 0 Å². The lowest BCUT2D eigenvalue weighted by molar-refractivity contribution is -0.114. The van der Waals surface area contributed by atoms with Crippen LogP contribution in [-0.2, 0) is 4.79 Å². The lowest BCUT2D eigenvalue weighted by atomic mass is 10.1. The van der Waals surface area contributed by atoms with Crippen molar-refractivity contribution in [2.45, 2.75) is 39.5 Å². The van der Waals surface area contributed by atoms with Crippen LogP contribution in [-0.4, -0.2) is 5.78 Å². The number of carbonyl (C=O) groups excluding carboxylic acids is 1. The molecular weight excluding hydrogens is 148 g/mol. The van der Waals surface area contributed by atoms with Crippen molar-refractivity contribution in [1.29, 1.82) is 0 Å². The zero-order valence-electron chi connectivity index (χ0n) is 7.89. The van der Waals surface area contributed by atoms with E-state index in [1.54, 1.807) is 0 Å². The van der Waals surface area contributed by atoms with Gasteiger partial charge in [-0.15, -0.1) is 0 Å². The zero-order chi connectivity index (χ0) is 8.97. The summed E-state index contributed by atoms with van der Waals surface area (Å²) >= 11 is 0. The summed E-state index contributed by atoms with van der Waals surface area (Å²) in [6.07, 6.45) is 7.85. The van der Waals surface area contributed by atoms with Crippen LogP contribution in [0.3, 0.4) is 0 Å². The molecule has 0 aromatic heterocycles. The van der Waals surface area contributed by atoms with E-state index in [4.69, 9.17) is 0 Å². The Morgan fingerprint density at radius 2 is 2.42 bits per heavy atom. The Morgan fingerprint density at radius 1 is 1.67 bits per heavy atom. The molecule has 1 aliphatic rings.